The summed E-state index contributed by atoms with van der Waals surface area (Å²) in [6, 6.07) is 11.6. The number of nitrogens with zero attached hydrogens (tertiary/aromatic N) is 2. The molecule has 4 nitrogen and oxygen atoms in total. The Morgan fingerprint density at radius 1 is 1.14 bits per heavy atom. The van der Waals surface area contributed by atoms with Crippen LogP contribution in [0.5, 0.6) is 0 Å². The highest BCUT2D eigenvalue weighted by Crippen LogP contribution is 2.09. The van der Waals surface area contributed by atoms with E-state index in [1.807, 2.05) is 67.0 Å². The molecule has 0 spiro atoms. The summed E-state index contributed by atoms with van der Waals surface area (Å²) in [5.41, 5.74) is 4.59. The van der Waals surface area contributed by atoms with Crippen molar-refractivity contribution in [2.24, 2.45) is 0 Å². The quantitative estimate of drug-likeness (QED) is 0.801. The minimum absolute atomic E-state index is 0.0682. The number of fused-ring (bicyclic) bond motifs is 1. The van der Waals surface area contributed by atoms with E-state index in [2.05, 4.69) is 10.3 Å². The molecule has 0 saturated heterocycles. The maximum atomic E-state index is 12.2. The molecule has 0 bridgehead atoms. The van der Waals surface area contributed by atoms with Crippen LogP contribution >= 0.6 is 0 Å². The van der Waals surface area contributed by atoms with Crippen LogP contribution < -0.4 is 5.32 Å². The van der Waals surface area contributed by atoms with Crippen LogP contribution in [0, 0.1) is 13.8 Å². The van der Waals surface area contributed by atoms with Gasteiger partial charge in [0.15, 0.2) is 0 Å². The Kier molecular flexibility index (Phi) is 3.44. The number of amides is 1. The first-order chi connectivity index (χ1) is 10.1. The van der Waals surface area contributed by atoms with E-state index in [0.29, 0.717) is 12.1 Å². The predicted octanol–water partition coefficient (Wildman–Crippen LogP) is 2.88. The van der Waals surface area contributed by atoms with E-state index in [-0.39, 0.29) is 5.91 Å². The molecule has 0 unspecified atom stereocenters. The van der Waals surface area contributed by atoms with Gasteiger partial charge in [0.1, 0.15) is 5.65 Å². The van der Waals surface area contributed by atoms with Crippen molar-refractivity contribution in [2.45, 2.75) is 20.4 Å². The highest BCUT2D eigenvalue weighted by atomic mass is 16.1. The number of benzene rings is 1. The molecule has 0 fully saturated rings. The van der Waals surface area contributed by atoms with E-state index >= 15 is 0 Å². The zero-order chi connectivity index (χ0) is 14.8. The Morgan fingerprint density at radius 3 is 2.76 bits per heavy atom. The van der Waals surface area contributed by atoms with Crippen molar-refractivity contribution in [2.75, 3.05) is 0 Å². The van der Waals surface area contributed by atoms with Crippen molar-refractivity contribution in [3.63, 3.8) is 0 Å². The van der Waals surface area contributed by atoms with E-state index < -0.39 is 0 Å². The molecule has 106 valence electrons. The summed E-state index contributed by atoms with van der Waals surface area (Å²) in [6.07, 6.45) is 3.97. The Hall–Kier alpha value is -2.62. The molecule has 4 heteroatoms. The molecule has 0 radical (unpaired) electrons. The van der Waals surface area contributed by atoms with Crippen LogP contribution in [0.4, 0.5) is 0 Å². The standard InChI is InChI=1S/C17H17N3O/c1-12-7-8-16-19-14(11-20(16)10-12)9-18-17(21)15-6-4-3-5-13(15)2/h3-8,10-11H,9H2,1-2H3,(H,18,21). The number of imidazole rings is 1. The van der Waals surface area contributed by atoms with Gasteiger partial charge in [-0.3, -0.25) is 4.79 Å². The summed E-state index contributed by atoms with van der Waals surface area (Å²) in [6.45, 7) is 4.40. The van der Waals surface area contributed by atoms with Crippen LogP contribution in [0.3, 0.4) is 0 Å². The molecule has 0 atom stereocenters. The molecule has 0 aliphatic carbocycles. The summed E-state index contributed by atoms with van der Waals surface area (Å²) < 4.78 is 1.98. The first-order valence-electron chi connectivity index (χ1n) is 6.91. The van der Waals surface area contributed by atoms with Crippen molar-refractivity contribution in [1.29, 1.82) is 0 Å². The maximum absolute atomic E-state index is 12.2. The summed E-state index contributed by atoms with van der Waals surface area (Å²) in [7, 11) is 0. The van der Waals surface area contributed by atoms with Crippen molar-refractivity contribution in [3.8, 4) is 0 Å². The van der Waals surface area contributed by atoms with Gasteiger partial charge in [0, 0.05) is 18.0 Å². The average Bonchev–Trinajstić information content (AvgIpc) is 2.87. The number of hydrogen-bond donors (Lipinski definition) is 1. The number of hydrogen-bond acceptors (Lipinski definition) is 2. The number of carbonyl (C=O) groups is 1. The van der Waals surface area contributed by atoms with Gasteiger partial charge < -0.3 is 9.72 Å². The van der Waals surface area contributed by atoms with Crippen molar-refractivity contribution < 1.29 is 4.79 Å². The van der Waals surface area contributed by atoms with Crippen molar-refractivity contribution >= 4 is 11.6 Å². The second-order valence-corrected chi connectivity index (χ2v) is 5.20. The van der Waals surface area contributed by atoms with Gasteiger partial charge in [0.25, 0.3) is 5.91 Å². The average molecular weight is 279 g/mol. The van der Waals surface area contributed by atoms with Gasteiger partial charge in [-0.15, -0.1) is 0 Å². The fourth-order valence-corrected chi connectivity index (χ4v) is 2.33. The smallest absolute Gasteiger partial charge is 0.251 e. The highest BCUT2D eigenvalue weighted by molar-refractivity contribution is 5.95. The second kappa shape index (κ2) is 5.40. The largest absolute Gasteiger partial charge is 0.346 e. The van der Waals surface area contributed by atoms with Crippen LogP contribution in [0.2, 0.25) is 0 Å². The molecule has 1 aromatic carbocycles. The molecular weight excluding hydrogens is 262 g/mol. The zero-order valence-electron chi connectivity index (χ0n) is 12.1. The van der Waals surface area contributed by atoms with Crippen LogP contribution in [0.1, 0.15) is 27.2 Å². The maximum Gasteiger partial charge on any atom is 0.251 e. The lowest BCUT2D eigenvalue weighted by atomic mass is 10.1. The molecule has 2 aromatic heterocycles. The van der Waals surface area contributed by atoms with E-state index in [0.717, 1.165) is 16.9 Å². The lowest BCUT2D eigenvalue weighted by molar-refractivity contribution is 0.0950. The summed E-state index contributed by atoms with van der Waals surface area (Å²) in [5, 5.41) is 2.92. The number of nitrogens with one attached hydrogen (secondary N) is 1. The van der Waals surface area contributed by atoms with Crippen molar-refractivity contribution in [1.82, 2.24) is 14.7 Å². The lowest BCUT2D eigenvalue weighted by Gasteiger charge is -2.05. The monoisotopic (exact) mass is 279 g/mol. The van der Waals surface area contributed by atoms with Gasteiger partial charge in [-0.25, -0.2) is 4.98 Å². The van der Waals surface area contributed by atoms with Gasteiger partial charge in [-0.1, -0.05) is 24.3 Å². The minimum Gasteiger partial charge on any atom is -0.346 e. The number of aryl methyl sites for hydroxylation is 2. The van der Waals surface area contributed by atoms with E-state index in [1.54, 1.807) is 0 Å². The fourth-order valence-electron chi connectivity index (χ4n) is 2.33. The third-order valence-corrected chi connectivity index (χ3v) is 3.47. The molecule has 3 aromatic rings. The Labute approximate surface area is 123 Å². The number of carbonyl (C=O) groups excluding carboxylic acids is 1. The molecule has 0 aliphatic heterocycles. The third kappa shape index (κ3) is 2.79. The van der Waals surface area contributed by atoms with Crippen LogP contribution in [0.15, 0.2) is 48.8 Å². The molecule has 0 saturated carbocycles. The zero-order valence-corrected chi connectivity index (χ0v) is 12.1. The topological polar surface area (TPSA) is 46.4 Å². The Bertz CT molecular complexity index is 805. The van der Waals surface area contributed by atoms with Gasteiger partial charge in [-0.2, -0.15) is 0 Å². The third-order valence-electron chi connectivity index (χ3n) is 3.47. The minimum atomic E-state index is -0.0682. The molecule has 3 rings (SSSR count). The highest BCUT2D eigenvalue weighted by Gasteiger charge is 2.09. The lowest BCUT2D eigenvalue weighted by Crippen LogP contribution is -2.23. The van der Waals surface area contributed by atoms with Gasteiger partial charge in [0.05, 0.1) is 12.2 Å². The second-order valence-electron chi connectivity index (χ2n) is 5.20. The first kappa shape index (κ1) is 13.4. The molecular formula is C17H17N3O. The number of rotatable bonds is 3. The van der Waals surface area contributed by atoms with Gasteiger partial charge in [0.2, 0.25) is 0 Å². The SMILES string of the molecule is Cc1ccc2nc(CNC(=O)c3ccccc3C)cn2c1. The number of aromatic nitrogens is 2. The van der Waals surface area contributed by atoms with E-state index in [4.69, 9.17) is 0 Å². The Morgan fingerprint density at radius 2 is 1.95 bits per heavy atom. The van der Waals surface area contributed by atoms with Gasteiger partial charge >= 0.3 is 0 Å². The van der Waals surface area contributed by atoms with Crippen molar-refractivity contribution in [3.05, 3.63) is 71.2 Å². The summed E-state index contributed by atoms with van der Waals surface area (Å²) in [4.78, 5) is 16.7. The van der Waals surface area contributed by atoms with Crippen LogP contribution in [-0.2, 0) is 6.54 Å². The first-order valence-corrected chi connectivity index (χ1v) is 6.91. The van der Waals surface area contributed by atoms with E-state index in [9.17, 15) is 4.79 Å². The molecule has 1 N–H and O–H groups in total. The summed E-state index contributed by atoms with van der Waals surface area (Å²) in [5.74, 6) is -0.0682. The fraction of sp³-hybridized carbons (Fsp3) is 0.176. The van der Waals surface area contributed by atoms with E-state index in [1.165, 1.54) is 5.56 Å². The van der Waals surface area contributed by atoms with Crippen LogP contribution in [-0.4, -0.2) is 15.3 Å². The molecule has 21 heavy (non-hydrogen) atoms. The molecule has 1 amide bonds. The van der Waals surface area contributed by atoms with Crippen LogP contribution in [0.25, 0.3) is 5.65 Å². The predicted molar refractivity (Wildman–Crippen MR) is 82.3 cm³/mol. The normalized spacial score (nSPS) is 10.8. The van der Waals surface area contributed by atoms with Gasteiger partial charge in [-0.05, 0) is 37.1 Å². The Balaban J connectivity index is 1.74. The molecule has 2 heterocycles. The number of pyridine rings is 1. The molecule has 0 aliphatic rings. The summed E-state index contributed by atoms with van der Waals surface area (Å²) >= 11 is 0.